The van der Waals surface area contributed by atoms with Crippen LogP contribution in [0, 0.1) is 11.8 Å². The Balaban J connectivity index is 2.87. The van der Waals surface area contributed by atoms with E-state index >= 15 is 0 Å². The van der Waals surface area contributed by atoms with Crippen molar-refractivity contribution in [3.63, 3.8) is 0 Å². The van der Waals surface area contributed by atoms with E-state index in [2.05, 4.69) is 21.3 Å². The van der Waals surface area contributed by atoms with E-state index in [0.717, 1.165) is 0 Å². The van der Waals surface area contributed by atoms with Crippen LogP contribution in [0.15, 0.2) is 0 Å². The SMILES string of the molecule is CC[C@H](C)[C@H](NC(=O)[C@H](CC(C)C)NC(=O)[C@@H](CO)NC(=O)[C@H]1CCC(=O)N1)C(=O)OC. The lowest BCUT2D eigenvalue weighted by atomic mass is 9.97. The quantitative estimate of drug-likeness (QED) is 0.235. The molecular formula is C21H36N4O7. The Hall–Kier alpha value is -2.69. The van der Waals surface area contributed by atoms with Crippen LogP contribution in [0.3, 0.4) is 0 Å². The lowest BCUT2D eigenvalue weighted by Gasteiger charge is -2.27. The molecule has 4 amide bonds. The van der Waals surface area contributed by atoms with E-state index in [9.17, 15) is 29.1 Å². The van der Waals surface area contributed by atoms with E-state index in [1.807, 2.05) is 20.8 Å². The molecule has 1 saturated heterocycles. The van der Waals surface area contributed by atoms with Gasteiger partial charge in [0.05, 0.1) is 13.7 Å². The van der Waals surface area contributed by atoms with E-state index in [-0.39, 0.29) is 30.6 Å². The van der Waals surface area contributed by atoms with Gasteiger partial charge in [0.2, 0.25) is 23.6 Å². The van der Waals surface area contributed by atoms with Crippen molar-refractivity contribution in [1.29, 1.82) is 0 Å². The maximum atomic E-state index is 12.9. The summed E-state index contributed by atoms with van der Waals surface area (Å²) in [6.45, 7) is 6.73. The molecule has 0 aromatic heterocycles. The molecule has 0 aliphatic carbocycles. The first kappa shape index (κ1) is 27.3. The van der Waals surface area contributed by atoms with Crippen molar-refractivity contribution < 1.29 is 33.8 Å². The highest BCUT2D eigenvalue weighted by Crippen LogP contribution is 2.12. The fraction of sp³-hybridized carbons (Fsp3) is 0.762. The zero-order valence-electron chi connectivity index (χ0n) is 19.4. The monoisotopic (exact) mass is 456 g/mol. The summed E-state index contributed by atoms with van der Waals surface area (Å²) in [4.78, 5) is 61.3. The molecule has 1 heterocycles. The van der Waals surface area contributed by atoms with Gasteiger partial charge in [0.25, 0.3) is 0 Å². The van der Waals surface area contributed by atoms with Gasteiger partial charge in [-0.25, -0.2) is 4.79 Å². The van der Waals surface area contributed by atoms with Gasteiger partial charge in [-0.1, -0.05) is 34.1 Å². The van der Waals surface area contributed by atoms with Crippen LogP contribution >= 0.6 is 0 Å². The van der Waals surface area contributed by atoms with Crippen LogP contribution < -0.4 is 21.3 Å². The number of esters is 1. The molecule has 1 aliphatic heterocycles. The zero-order valence-corrected chi connectivity index (χ0v) is 19.4. The number of rotatable bonds is 12. The first-order valence-corrected chi connectivity index (χ1v) is 10.9. The highest BCUT2D eigenvalue weighted by atomic mass is 16.5. The Bertz CT molecular complexity index is 698. The predicted molar refractivity (Wildman–Crippen MR) is 115 cm³/mol. The molecule has 0 bridgehead atoms. The molecule has 1 fully saturated rings. The average molecular weight is 457 g/mol. The Morgan fingerprint density at radius 2 is 1.72 bits per heavy atom. The molecule has 182 valence electrons. The molecule has 0 radical (unpaired) electrons. The van der Waals surface area contributed by atoms with Gasteiger partial charge < -0.3 is 31.1 Å². The lowest BCUT2D eigenvalue weighted by Crippen LogP contribution is -2.58. The molecule has 1 aliphatic rings. The van der Waals surface area contributed by atoms with Crippen molar-refractivity contribution >= 4 is 29.6 Å². The molecule has 0 spiro atoms. The maximum absolute atomic E-state index is 12.9. The topological polar surface area (TPSA) is 163 Å². The first-order valence-electron chi connectivity index (χ1n) is 10.9. The number of nitrogens with one attached hydrogen (secondary N) is 4. The van der Waals surface area contributed by atoms with Gasteiger partial charge in [-0.15, -0.1) is 0 Å². The predicted octanol–water partition coefficient (Wildman–Crippen LogP) is -1.02. The van der Waals surface area contributed by atoms with Crippen molar-refractivity contribution in [2.24, 2.45) is 11.8 Å². The van der Waals surface area contributed by atoms with Crippen LogP contribution in [0.1, 0.15) is 53.4 Å². The Labute approximate surface area is 188 Å². The van der Waals surface area contributed by atoms with Crippen molar-refractivity contribution in [3.05, 3.63) is 0 Å². The summed E-state index contributed by atoms with van der Waals surface area (Å²) >= 11 is 0. The number of hydrogen-bond donors (Lipinski definition) is 5. The number of carbonyl (C=O) groups excluding carboxylic acids is 5. The summed E-state index contributed by atoms with van der Waals surface area (Å²) < 4.78 is 4.78. The Morgan fingerprint density at radius 3 is 2.19 bits per heavy atom. The second-order valence-electron chi connectivity index (χ2n) is 8.49. The van der Waals surface area contributed by atoms with E-state index in [1.54, 1.807) is 6.92 Å². The third-order valence-corrected chi connectivity index (χ3v) is 5.43. The fourth-order valence-electron chi connectivity index (χ4n) is 3.30. The van der Waals surface area contributed by atoms with E-state index < -0.39 is 54.5 Å². The van der Waals surface area contributed by atoms with Crippen molar-refractivity contribution in [2.75, 3.05) is 13.7 Å². The number of carbonyl (C=O) groups is 5. The average Bonchev–Trinajstić information content (AvgIpc) is 3.19. The second-order valence-corrected chi connectivity index (χ2v) is 8.49. The van der Waals surface area contributed by atoms with Gasteiger partial charge in [0.1, 0.15) is 24.2 Å². The number of aliphatic hydroxyl groups excluding tert-OH is 1. The summed E-state index contributed by atoms with van der Waals surface area (Å²) in [5.74, 6) is -2.89. The van der Waals surface area contributed by atoms with Crippen molar-refractivity contribution in [1.82, 2.24) is 21.3 Å². The van der Waals surface area contributed by atoms with Crippen LogP contribution in [0.25, 0.3) is 0 Å². The molecule has 0 saturated carbocycles. The van der Waals surface area contributed by atoms with Crippen LogP contribution in [-0.2, 0) is 28.7 Å². The van der Waals surface area contributed by atoms with Crippen molar-refractivity contribution in [2.45, 2.75) is 77.5 Å². The lowest BCUT2D eigenvalue weighted by molar-refractivity contribution is -0.147. The largest absolute Gasteiger partial charge is 0.467 e. The molecule has 0 aromatic rings. The van der Waals surface area contributed by atoms with Gasteiger partial charge in [-0.3, -0.25) is 19.2 Å². The molecule has 11 heteroatoms. The van der Waals surface area contributed by atoms with Gasteiger partial charge in [0, 0.05) is 6.42 Å². The molecule has 0 unspecified atom stereocenters. The molecule has 11 nitrogen and oxygen atoms in total. The normalized spacial score (nSPS) is 19.3. The third-order valence-electron chi connectivity index (χ3n) is 5.43. The molecule has 5 N–H and O–H groups in total. The fourth-order valence-corrected chi connectivity index (χ4v) is 3.30. The summed E-state index contributed by atoms with van der Waals surface area (Å²) in [5.41, 5.74) is 0. The van der Waals surface area contributed by atoms with Gasteiger partial charge in [-0.2, -0.15) is 0 Å². The standard InChI is InChI=1S/C21H36N4O7/c1-6-12(4)17(21(31)32-5)25-19(29)14(9-11(2)3)23-20(30)15(10-26)24-18(28)13-7-8-16(27)22-13/h11-15,17,26H,6-10H2,1-5H3,(H,22,27)(H,23,30)(H,24,28)(H,25,29)/t12-,13+,14-,15+,17-/m0/s1. The number of aliphatic hydroxyl groups is 1. The highest BCUT2D eigenvalue weighted by molar-refractivity contribution is 5.96. The maximum Gasteiger partial charge on any atom is 0.328 e. The summed E-state index contributed by atoms with van der Waals surface area (Å²) in [5, 5.41) is 19.7. The molecule has 1 rings (SSSR count). The van der Waals surface area contributed by atoms with Crippen LogP contribution in [0.5, 0.6) is 0 Å². The van der Waals surface area contributed by atoms with Crippen molar-refractivity contribution in [3.8, 4) is 0 Å². The number of amides is 4. The zero-order chi connectivity index (χ0) is 24.4. The summed E-state index contributed by atoms with van der Waals surface area (Å²) in [6.07, 6.45) is 1.41. The minimum Gasteiger partial charge on any atom is -0.467 e. The first-order chi connectivity index (χ1) is 15.0. The second kappa shape index (κ2) is 13.0. The Kier molecular flexibility index (Phi) is 11.1. The van der Waals surface area contributed by atoms with Gasteiger partial charge in [-0.05, 0) is 24.7 Å². The van der Waals surface area contributed by atoms with Crippen LogP contribution in [-0.4, -0.2) is 72.6 Å². The highest BCUT2D eigenvalue weighted by Gasteiger charge is 2.34. The Morgan fingerprint density at radius 1 is 1.09 bits per heavy atom. The van der Waals surface area contributed by atoms with Crippen LogP contribution in [0.2, 0.25) is 0 Å². The number of methoxy groups -OCH3 is 1. The van der Waals surface area contributed by atoms with E-state index in [1.165, 1.54) is 7.11 Å². The van der Waals surface area contributed by atoms with Gasteiger partial charge >= 0.3 is 5.97 Å². The third kappa shape index (κ3) is 8.10. The van der Waals surface area contributed by atoms with E-state index in [0.29, 0.717) is 12.8 Å². The minimum atomic E-state index is -1.30. The van der Waals surface area contributed by atoms with Gasteiger partial charge in [0.15, 0.2) is 0 Å². The molecule has 32 heavy (non-hydrogen) atoms. The van der Waals surface area contributed by atoms with Crippen LogP contribution in [0.4, 0.5) is 0 Å². The van der Waals surface area contributed by atoms with E-state index in [4.69, 9.17) is 4.74 Å². The number of ether oxygens (including phenoxy) is 1. The summed E-state index contributed by atoms with van der Waals surface area (Å²) in [7, 11) is 1.23. The molecule has 5 atom stereocenters. The number of hydrogen-bond acceptors (Lipinski definition) is 7. The molecule has 0 aromatic carbocycles. The smallest absolute Gasteiger partial charge is 0.328 e. The summed E-state index contributed by atoms with van der Waals surface area (Å²) in [6, 6.07) is -3.93. The molecular weight excluding hydrogens is 420 g/mol. The minimum absolute atomic E-state index is 0.0297.